The van der Waals surface area contributed by atoms with Gasteiger partial charge < -0.3 is 14.6 Å². The molecular formula is C12H17ClO3. The molecule has 1 aromatic carbocycles. The highest BCUT2D eigenvalue weighted by molar-refractivity contribution is 6.19. The third-order valence-electron chi connectivity index (χ3n) is 2.25. The highest BCUT2D eigenvalue weighted by atomic mass is 35.5. The molecule has 0 saturated heterocycles. The van der Waals surface area contributed by atoms with Crippen molar-refractivity contribution in [3.8, 4) is 11.5 Å². The van der Waals surface area contributed by atoms with Crippen LogP contribution in [-0.4, -0.2) is 17.8 Å². The zero-order valence-corrected chi connectivity index (χ0v) is 10.5. The van der Waals surface area contributed by atoms with E-state index in [0.717, 1.165) is 5.56 Å². The van der Waals surface area contributed by atoms with E-state index in [1.54, 1.807) is 32.2 Å². The second-order valence-corrected chi connectivity index (χ2v) is 4.01. The van der Waals surface area contributed by atoms with E-state index >= 15 is 0 Å². The summed E-state index contributed by atoms with van der Waals surface area (Å²) in [6.45, 7) is 3.64. The van der Waals surface area contributed by atoms with Gasteiger partial charge in [-0.2, -0.15) is 0 Å². The SMILES string of the molecule is CCC(Cl)Oc1ccc(C(C)O)cc1OC. The Labute approximate surface area is 101 Å². The fourth-order valence-corrected chi connectivity index (χ4v) is 1.36. The first kappa shape index (κ1) is 13.1. The summed E-state index contributed by atoms with van der Waals surface area (Å²) in [5.41, 5.74) is 0.415. The van der Waals surface area contributed by atoms with Crippen molar-refractivity contribution in [2.75, 3.05) is 7.11 Å². The number of alkyl halides is 1. The molecule has 0 amide bonds. The van der Waals surface area contributed by atoms with Crippen molar-refractivity contribution in [2.45, 2.75) is 31.9 Å². The highest BCUT2D eigenvalue weighted by Crippen LogP contribution is 2.31. The van der Waals surface area contributed by atoms with Gasteiger partial charge in [-0.15, -0.1) is 0 Å². The van der Waals surface area contributed by atoms with Gasteiger partial charge in [0.15, 0.2) is 17.1 Å². The van der Waals surface area contributed by atoms with E-state index in [4.69, 9.17) is 21.1 Å². The lowest BCUT2D eigenvalue weighted by molar-refractivity contribution is 0.198. The zero-order valence-electron chi connectivity index (χ0n) is 9.74. The van der Waals surface area contributed by atoms with Gasteiger partial charge in [0.05, 0.1) is 13.2 Å². The summed E-state index contributed by atoms with van der Waals surface area (Å²) in [5.74, 6) is 1.17. The Morgan fingerprint density at radius 2 is 2.06 bits per heavy atom. The van der Waals surface area contributed by atoms with E-state index in [0.29, 0.717) is 17.9 Å². The van der Waals surface area contributed by atoms with Crippen molar-refractivity contribution >= 4 is 11.6 Å². The molecule has 0 aliphatic heterocycles. The number of halogens is 1. The van der Waals surface area contributed by atoms with Crippen LogP contribution >= 0.6 is 11.6 Å². The molecule has 0 fully saturated rings. The predicted molar refractivity (Wildman–Crippen MR) is 64.2 cm³/mol. The van der Waals surface area contributed by atoms with Gasteiger partial charge in [0.1, 0.15) is 0 Å². The van der Waals surface area contributed by atoms with Crippen molar-refractivity contribution < 1.29 is 14.6 Å². The Kier molecular flexibility index (Phi) is 4.90. The van der Waals surface area contributed by atoms with E-state index in [1.165, 1.54) is 0 Å². The highest BCUT2D eigenvalue weighted by Gasteiger charge is 2.11. The van der Waals surface area contributed by atoms with Crippen molar-refractivity contribution in [3.05, 3.63) is 23.8 Å². The maximum absolute atomic E-state index is 9.44. The van der Waals surface area contributed by atoms with Crippen LogP contribution in [0.2, 0.25) is 0 Å². The van der Waals surface area contributed by atoms with E-state index in [9.17, 15) is 5.11 Å². The van der Waals surface area contributed by atoms with Gasteiger partial charge in [-0.1, -0.05) is 24.6 Å². The van der Waals surface area contributed by atoms with E-state index < -0.39 is 6.10 Å². The third kappa shape index (κ3) is 3.29. The van der Waals surface area contributed by atoms with Gasteiger partial charge in [-0.3, -0.25) is 0 Å². The molecule has 0 aliphatic rings. The number of benzene rings is 1. The second-order valence-electron chi connectivity index (χ2n) is 3.52. The molecule has 90 valence electrons. The molecule has 0 heterocycles. The first-order chi connectivity index (χ1) is 7.58. The second kappa shape index (κ2) is 5.97. The molecule has 0 radical (unpaired) electrons. The topological polar surface area (TPSA) is 38.7 Å². The molecule has 2 atom stereocenters. The third-order valence-corrected chi connectivity index (χ3v) is 2.64. The quantitative estimate of drug-likeness (QED) is 0.809. The summed E-state index contributed by atoms with van der Waals surface area (Å²) in [4.78, 5) is 0. The first-order valence-corrected chi connectivity index (χ1v) is 5.68. The van der Waals surface area contributed by atoms with Gasteiger partial charge in [-0.05, 0) is 31.0 Å². The van der Waals surface area contributed by atoms with Gasteiger partial charge in [0.25, 0.3) is 0 Å². The molecule has 0 spiro atoms. The molecule has 0 aliphatic carbocycles. The maximum atomic E-state index is 9.44. The molecule has 1 rings (SSSR count). The van der Waals surface area contributed by atoms with Crippen molar-refractivity contribution in [3.63, 3.8) is 0 Å². The maximum Gasteiger partial charge on any atom is 0.172 e. The average Bonchev–Trinajstić information content (AvgIpc) is 2.29. The summed E-state index contributed by atoms with van der Waals surface area (Å²) in [5, 5.41) is 9.44. The molecule has 0 aromatic heterocycles. The molecule has 0 bridgehead atoms. The Morgan fingerprint density at radius 1 is 1.38 bits per heavy atom. The van der Waals surface area contributed by atoms with Gasteiger partial charge in [0.2, 0.25) is 0 Å². The summed E-state index contributed by atoms with van der Waals surface area (Å²) < 4.78 is 10.7. The van der Waals surface area contributed by atoms with E-state index in [2.05, 4.69) is 0 Å². The zero-order chi connectivity index (χ0) is 12.1. The minimum Gasteiger partial charge on any atom is -0.493 e. The summed E-state index contributed by atoms with van der Waals surface area (Å²) >= 11 is 5.90. The molecule has 4 heteroatoms. The minimum atomic E-state index is -0.527. The minimum absolute atomic E-state index is 0.369. The van der Waals surface area contributed by atoms with E-state index in [-0.39, 0.29) is 5.56 Å². The molecule has 2 unspecified atom stereocenters. The summed E-state index contributed by atoms with van der Waals surface area (Å²) in [7, 11) is 1.56. The Morgan fingerprint density at radius 3 is 2.56 bits per heavy atom. The average molecular weight is 245 g/mol. The van der Waals surface area contributed by atoms with Crippen LogP contribution in [-0.2, 0) is 0 Å². The number of hydrogen-bond donors (Lipinski definition) is 1. The van der Waals surface area contributed by atoms with Crippen LogP contribution < -0.4 is 9.47 Å². The number of aliphatic hydroxyl groups excluding tert-OH is 1. The van der Waals surface area contributed by atoms with Gasteiger partial charge >= 0.3 is 0 Å². The number of hydrogen-bond acceptors (Lipinski definition) is 3. The molecule has 3 nitrogen and oxygen atoms in total. The Hall–Kier alpha value is -0.930. The van der Waals surface area contributed by atoms with Gasteiger partial charge in [0, 0.05) is 0 Å². The predicted octanol–water partition coefficient (Wildman–Crippen LogP) is 3.10. The number of rotatable bonds is 5. The molecule has 1 aromatic rings. The number of aliphatic hydroxyl groups is 1. The Balaban J connectivity index is 2.93. The normalized spacial score (nSPS) is 14.3. The number of ether oxygens (including phenoxy) is 2. The smallest absolute Gasteiger partial charge is 0.172 e. The Bertz CT molecular complexity index is 339. The van der Waals surface area contributed by atoms with Gasteiger partial charge in [-0.25, -0.2) is 0 Å². The van der Waals surface area contributed by atoms with Crippen molar-refractivity contribution in [1.82, 2.24) is 0 Å². The van der Waals surface area contributed by atoms with Crippen LogP contribution in [0.5, 0.6) is 11.5 Å². The van der Waals surface area contributed by atoms with Crippen molar-refractivity contribution in [1.29, 1.82) is 0 Å². The fraction of sp³-hybridized carbons (Fsp3) is 0.500. The lowest BCUT2D eigenvalue weighted by Crippen LogP contribution is -2.07. The van der Waals surface area contributed by atoms with Crippen molar-refractivity contribution in [2.24, 2.45) is 0 Å². The lowest BCUT2D eigenvalue weighted by Gasteiger charge is -2.15. The molecule has 0 saturated carbocycles. The van der Waals surface area contributed by atoms with Crippen LogP contribution in [0.1, 0.15) is 31.9 Å². The van der Waals surface area contributed by atoms with Crippen LogP contribution in [0.3, 0.4) is 0 Å². The fourth-order valence-electron chi connectivity index (χ4n) is 1.26. The van der Waals surface area contributed by atoms with Crippen LogP contribution in [0.4, 0.5) is 0 Å². The van der Waals surface area contributed by atoms with E-state index in [1.807, 2.05) is 6.92 Å². The van der Waals surface area contributed by atoms with Crippen LogP contribution in [0.25, 0.3) is 0 Å². The molecule has 16 heavy (non-hydrogen) atoms. The number of methoxy groups -OCH3 is 1. The van der Waals surface area contributed by atoms with Crippen LogP contribution in [0.15, 0.2) is 18.2 Å². The standard InChI is InChI=1S/C12H17ClO3/c1-4-12(13)16-10-6-5-9(8(2)14)7-11(10)15-3/h5-8,12,14H,4H2,1-3H3. The van der Waals surface area contributed by atoms with Crippen LogP contribution in [0, 0.1) is 0 Å². The lowest BCUT2D eigenvalue weighted by atomic mass is 10.1. The first-order valence-electron chi connectivity index (χ1n) is 5.25. The molecular weight excluding hydrogens is 228 g/mol. The molecule has 1 N–H and O–H groups in total. The summed E-state index contributed by atoms with van der Waals surface area (Å²) in [6, 6.07) is 5.30. The largest absolute Gasteiger partial charge is 0.493 e. The summed E-state index contributed by atoms with van der Waals surface area (Å²) in [6.07, 6.45) is 0.184. The monoisotopic (exact) mass is 244 g/mol.